The van der Waals surface area contributed by atoms with Gasteiger partial charge in [-0.15, -0.1) is 0 Å². The number of carbonyl (C=O) groups is 1. The first-order valence-corrected chi connectivity index (χ1v) is 11.3. The SMILES string of the molecule is COC(=O)N(CC#Cc1nc(N)c2ncn([C@H]3CC[C@@H](C(O)NC4CC4)O3)c2n1)CC(C)C. The molecular weight excluding hydrogens is 426 g/mol. The highest BCUT2D eigenvalue weighted by atomic mass is 16.5. The van der Waals surface area contributed by atoms with Crippen LogP contribution in [-0.4, -0.2) is 74.2 Å². The summed E-state index contributed by atoms with van der Waals surface area (Å²) in [5, 5.41) is 13.5. The number of nitrogens with one attached hydrogen (secondary N) is 1. The zero-order valence-corrected chi connectivity index (χ0v) is 19.2. The molecule has 1 saturated heterocycles. The average molecular weight is 458 g/mol. The summed E-state index contributed by atoms with van der Waals surface area (Å²) in [6, 6.07) is 0.390. The summed E-state index contributed by atoms with van der Waals surface area (Å²) >= 11 is 0. The van der Waals surface area contributed by atoms with Gasteiger partial charge in [-0.3, -0.25) is 14.8 Å². The predicted octanol–water partition coefficient (Wildman–Crippen LogP) is 1.23. The van der Waals surface area contributed by atoms with E-state index in [2.05, 4.69) is 32.1 Å². The minimum absolute atomic E-state index is 0.185. The van der Waals surface area contributed by atoms with Crippen LogP contribution in [0.5, 0.6) is 0 Å². The third-order valence-corrected chi connectivity index (χ3v) is 5.61. The van der Waals surface area contributed by atoms with Gasteiger partial charge >= 0.3 is 6.09 Å². The van der Waals surface area contributed by atoms with Crippen molar-refractivity contribution in [3.05, 3.63) is 12.2 Å². The summed E-state index contributed by atoms with van der Waals surface area (Å²) in [5.41, 5.74) is 7.10. The highest BCUT2D eigenvalue weighted by Crippen LogP contribution is 2.33. The van der Waals surface area contributed by atoms with Crippen LogP contribution in [0.1, 0.15) is 51.6 Å². The van der Waals surface area contributed by atoms with E-state index >= 15 is 0 Å². The number of ether oxygens (including phenoxy) is 2. The fourth-order valence-corrected chi connectivity index (χ4v) is 3.87. The predicted molar refractivity (Wildman–Crippen MR) is 121 cm³/mol. The molecule has 1 saturated carbocycles. The molecule has 11 heteroatoms. The second-order valence-corrected chi connectivity index (χ2v) is 8.89. The summed E-state index contributed by atoms with van der Waals surface area (Å²) < 4.78 is 12.7. The van der Waals surface area contributed by atoms with Gasteiger partial charge in [-0.2, -0.15) is 0 Å². The fourth-order valence-electron chi connectivity index (χ4n) is 3.87. The van der Waals surface area contributed by atoms with Crippen molar-refractivity contribution in [2.45, 2.75) is 64.1 Å². The molecule has 2 fully saturated rings. The van der Waals surface area contributed by atoms with E-state index in [4.69, 9.17) is 15.2 Å². The molecule has 4 N–H and O–H groups in total. The van der Waals surface area contributed by atoms with Gasteiger partial charge in [0, 0.05) is 12.6 Å². The molecule has 0 aromatic carbocycles. The number of nitrogens with zero attached hydrogens (tertiary/aromatic N) is 5. The smallest absolute Gasteiger partial charge is 0.410 e. The van der Waals surface area contributed by atoms with Crippen molar-refractivity contribution < 1.29 is 19.4 Å². The van der Waals surface area contributed by atoms with Crippen LogP contribution in [0.4, 0.5) is 10.6 Å². The molecule has 1 unspecified atom stereocenters. The Morgan fingerprint density at radius 3 is 2.88 bits per heavy atom. The third-order valence-electron chi connectivity index (χ3n) is 5.61. The quantitative estimate of drug-likeness (QED) is 0.413. The number of anilines is 1. The highest BCUT2D eigenvalue weighted by molar-refractivity contribution is 5.82. The highest BCUT2D eigenvalue weighted by Gasteiger charge is 2.35. The number of aliphatic hydroxyl groups excluding tert-OH is 1. The van der Waals surface area contributed by atoms with Gasteiger partial charge in [0.2, 0.25) is 5.82 Å². The first-order chi connectivity index (χ1) is 15.9. The van der Waals surface area contributed by atoms with Crippen LogP contribution in [0.15, 0.2) is 6.33 Å². The lowest BCUT2D eigenvalue weighted by Crippen LogP contribution is -2.40. The number of methoxy groups -OCH3 is 1. The van der Waals surface area contributed by atoms with Gasteiger partial charge in [0.1, 0.15) is 18.0 Å². The molecule has 2 aliphatic rings. The lowest BCUT2D eigenvalue weighted by atomic mass is 10.2. The minimum Gasteiger partial charge on any atom is -0.453 e. The van der Waals surface area contributed by atoms with Crippen LogP contribution in [0, 0.1) is 17.8 Å². The van der Waals surface area contributed by atoms with Crippen LogP contribution in [0.25, 0.3) is 11.2 Å². The topological polar surface area (TPSA) is 141 Å². The lowest BCUT2D eigenvalue weighted by Gasteiger charge is -2.20. The van der Waals surface area contributed by atoms with Crippen LogP contribution < -0.4 is 11.1 Å². The molecule has 3 heterocycles. The first-order valence-electron chi connectivity index (χ1n) is 11.3. The Bertz CT molecular complexity index is 1060. The zero-order chi connectivity index (χ0) is 23.5. The van der Waals surface area contributed by atoms with Crippen molar-refractivity contribution in [2.24, 2.45) is 5.92 Å². The molecule has 1 aliphatic carbocycles. The summed E-state index contributed by atoms with van der Waals surface area (Å²) in [6.45, 7) is 4.74. The molecule has 4 rings (SSSR count). The van der Waals surface area contributed by atoms with Crippen molar-refractivity contribution in [1.29, 1.82) is 0 Å². The summed E-state index contributed by atoms with van der Waals surface area (Å²) in [6.07, 6.45) is 3.51. The minimum atomic E-state index is -0.693. The molecule has 178 valence electrons. The standard InChI is InChI=1S/C22H31N7O4/c1-13(2)11-28(22(31)32-3)10-4-5-16-26-19(23)18-20(27-16)29(12-24-18)17-9-8-15(33-17)21(30)25-14-6-7-14/h12-15,17,21,25,30H,6-11H2,1-3H3,(H2,23,26,27)/t15-,17+,21?/m0/s1. The van der Waals surface area contributed by atoms with Crippen molar-refractivity contribution in [3.63, 3.8) is 0 Å². The van der Waals surface area contributed by atoms with Crippen LogP contribution in [0.2, 0.25) is 0 Å². The summed E-state index contributed by atoms with van der Waals surface area (Å²) in [5.74, 6) is 6.56. The van der Waals surface area contributed by atoms with Crippen LogP contribution >= 0.6 is 0 Å². The van der Waals surface area contributed by atoms with E-state index in [-0.39, 0.29) is 36.4 Å². The number of nitrogens with two attached hydrogens (primary N) is 1. The number of fused-ring (bicyclic) bond motifs is 1. The zero-order valence-electron chi connectivity index (χ0n) is 19.2. The number of rotatable bonds is 7. The normalized spacial score (nSPS) is 21.1. The number of hydrogen-bond acceptors (Lipinski definition) is 9. The van der Waals surface area contributed by atoms with Crippen molar-refractivity contribution in [3.8, 4) is 11.8 Å². The van der Waals surface area contributed by atoms with Gasteiger partial charge in [0.15, 0.2) is 11.5 Å². The van der Waals surface area contributed by atoms with E-state index in [1.54, 1.807) is 6.33 Å². The Kier molecular flexibility index (Phi) is 6.97. The number of amides is 1. The molecule has 33 heavy (non-hydrogen) atoms. The molecular formula is C22H31N7O4. The van der Waals surface area contributed by atoms with E-state index in [9.17, 15) is 9.90 Å². The van der Waals surface area contributed by atoms with Crippen molar-refractivity contribution >= 4 is 23.1 Å². The maximum absolute atomic E-state index is 11.9. The maximum Gasteiger partial charge on any atom is 0.410 e. The number of imidazole rings is 1. The van der Waals surface area contributed by atoms with Crippen LogP contribution in [0.3, 0.4) is 0 Å². The molecule has 2 aromatic rings. The Morgan fingerprint density at radius 2 is 2.18 bits per heavy atom. The molecule has 11 nitrogen and oxygen atoms in total. The third kappa shape index (κ3) is 5.52. The van der Waals surface area contributed by atoms with Gasteiger partial charge in [-0.1, -0.05) is 19.8 Å². The molecule has 1 amide bonds. The van der Waals surface area contributed by atoms with Gasteiger partial charge in [0.25, 0.3) is 0 Å². The van der Waals surface area contributed by atoms with Gasteiger partial charge < -0.3 is 20.3 Å². The Hall–Kier alpha value is -2.94. The average Bonchev–Trinajstić information content (AvgIpc) is 3.28. The van der Waals surface area contributed by atoms with E-state index in [0.29, 0.717) is 30.2 Å². The lowest BCUT2D eigenvalue weighted by molar-refractivity contribution is -0.0695. The Labute approximate surface area is 192 Å². The summed E-state index contributed by atoms with van der Waals surface area (Å²) in [4.78, 5) is 26.6. The molecule has 0 spiro atoms. The van der Waals surface area contributed by atoms with E-state index in [1.165, 1.54) is 12.0 Å². The van der Waals surface area contributed by atoms with Crippen LogP contribution in [-0.2, 0) is 9.47 Å². The number of hydrogen-bond donors (Lipinski definition) is 3. The second kappa shape index (κ2) is 9.91. The molecule has 1 aliphatic heterocycles. The number of nitrogen functional groups attached to an aromatic ring is 1. The fraction of sp³-hybridized carbons (Fsp3) is 0.636. The number of aromatic nitrogens is 4. The summed E-state index contributed by atoms with van der Waals surface area (Å²) in [7, 11) is 1.35. The van der Waals surface area contributed by atoms with E-state index < -0.39 is 12.3 Å². The van der Waals surface area contributed by atoms with E-state index in [0.717, 1.165) is 19.3 Å². The van der Waals surface area contributed by atoms with Crippen molar-refractivity contribution in [2.75, 3.05) is 25.9 Å². The molecule has 2 aromatic heterocycles. The van der Waals surface area contributed by atoms with Gasteiger partial charge in [-0.05, 0) is 37.5 Å². The Morgan fingerprint density at radius 1 is 1.39 bits per heavy atom. The van der Waals surface area contributed by atoms with Gasteiger partial charge in [-0.25, -0.2) is 19.7 Å². The monoisotopic (exact) mass is 457 g/mol. The number of aliphatic hydroxyl groups is 1. The second-order valence-electron chi connectivity index (χ2n) is 8.89. The van der Waals surface area contributed by atoms with Crippen molar-refractivity contribution in [1.82, 2.24) is 29.7 Å². The molecule has 3 atom stereocenters. The van der Waals surface area contributed by atoms with E-state index in [1.807, 2.05) is 18.4 Å². The molecule has 0 radical (unpaired) electrons. The number of carbonyl (C=O) groups excluding carboxylic acids is 1. The largest absolute Gasteiger partial charge is 0.453 e. The molecule has 0 bridgehead atoms. The van der Waals surface area contributed by atoms with Gasteiger partial charge in [0.05, 0.1) is 26.1 Å². The maximum atomic E-state index is 11.9. The Balaban J connectivity index is 1.50. The first kappa shape index (κ1) is 23.2.